The number of aromatic nitrogens is 4. The van der Waals surface area contributed by atoms with Gasteiger partial charge in [-0.25, -0.2) is 9.67 Å². The zero-order chi connectivity index (χ0) is 19.5. The highest BCUT2D eigenvalue weighted by atomic mass is 16.5. The maximum absolute atomic E-state index is 12.3. The fraction of sp³-hybridized carbons (Fsp3) is 0.400. The Hall–Kier alpha value is -3.00. The summed E-state index contributed by atoms with van der Waals surface area (Å²) in [6.07, 6.45) is 2.19. The Kier molecular flexibility index (Phi) is 5.21. The van der Waals surface area contributed by atoms with Crippen LogP contribution in [0.1, 0.15) is 19.4 Å². The maximum Gasteiger partial charge on any atom is 0.242 e. The van der Waals surface area contributed by atoms with Crippen molar-refractivity contribution in [2.24, 2.45) is 0 Å². The lowest BCUT2D eigenvalue weighted by atomic mass is 10.2. The first-order valence-corrected chi connectivity index (χ1v) is 9.49. The Morgan fingerprint density at radius 2 is 1.96 bits per heavy atom. The van der Waals surface area contributed by atoms with Crippen molar-refractivity contribution in [3.8, 4) is 0 Å². The highest BCUT2D eigenvalue weighted by Gasteiger charge is 2.23. The number of fused-ring (bicyclic) bond motifs is 1. The molecule has 1 aliphatic rings. The first kappa shape index (κ1) is 18.4. The van der Waals surface area contributed by atoms with Gasteiger partial charge in [0.15, 0.2) is 0 Å². The zero-order valence-corrected chi connectivity index (χ0v) is 16.1. The fourth-order valence-corrected chi connectivity index (χ4v) is 3.50. The molecule has 146 valence electrons. The lowest BCUT2D eigenvalue weighted by molar-refractivity contribution is -0.121. The molecule has 3 heterocycles. The molecule has 1 amide bonds. The van der Waals surface area contributed by atoms with Crippen LogP contribution < -0.4 is 10.2 Å². The van der Waals surface area contributed by atoms with E-state index in [0.717, 1.165) is 35.5 Å². The van der Waals surface area contributed by atoms with Gasteiger partial charge in [-0.2, -0.15) is 0 Å². The van der Waals surface area contributed by atoms with Gasteiger partial charge in [0.05, 0.1) is 17.7 Å². The van der Waals surface area contributed by atoms with Crippen molar-refractivity contribution in [3.63, 3.8) is 0 Å². The summed E-state index contributed by atoms with van der Waals surface area (Å²) in [5.41, 5.74) is 2.58. The SMILES string of the molecule is C[C@@H]1CN(c2ccc(CNC(=O)Cn3nnc4ccccc43)cn2)C[C@@H](C)O1. The lowest BCUT2D eigenvalue weighted by Gasteiger charge is -2.36. The van der Waals surface area contributed by atoms with Gasteiger partial charge in [-0.05, 0) is 37.6 Å². The van der Waals surface area contributed by atoms with Crippen LogP contribution in [0.25, 0.3) is 11.0 Å². The molecular weight excluding hydrogens is 356 g/mol. The summed E-state index contributed by atoms with van der Waals surface area (Å²) < 4.78 is 7.37. The molecular formula is C20H24N6O2. The molecule has 4 rings (SSSR count). The number of hydrogen-bond donors (Lipinski definition) is 1. The molecule has 0 unspecified atom stereocenters. The standard InChI is InChI=1S/C20H24N6O2/c1-14-11-25(12-15(2)28-14)19-8-7-16(9-21-19)10-22-20(27)13-26-18-6-4-3-5-17(18)23-24-26/h3-9,14-15H,10-13H2,1-2H3,(H,22,27)/t14-,15-/m1/s1. The average molecular weight is 380 g/mol. The molecule has 1 fully saturated rings. The summed E-state index contributed by atoms with van der Waals surface area (Å²) in [7, 11) is 0. The molecule has 1 saturated heterocycles. The number of amides is 1. The molecule has 8 heteroatoms. The van der Waals surface area contributed by atoms with Gasteiger partial charge in [0.25, 0.3) is 0 Å². The summed E-state index contributed by atoms with van der Waals surface area (Å²) in [6.45, 7) is 6.37. The second kappa shape index (κ2) is 7.93. The van der Waals surface area contributed by atoms with Gasteiger partial charge < -0.3 is 15.0 Å². The third kappa shape index (κ3) is 4.12. The van der Waals surface area contributed by atoms with Crippen LogP contribution in [0.15, 0.2) is 42.6 Å². The monoisotopic (exact) mass is 380 g/mol. The maximum atomic E-state index is 12.3. The fourth-order valence-electron chi connectivity index (χ4n) is 3.50. The Morgan fingerprint density at radius 1 is 1.18 bits per heavy atom. The molecule has 0 radical (unpaired) electrons. The van der Waals surface area contributed by atoms with Gasteiger partial charge in [0.1, 0.15) is 17.9 Å². The van der Waals surface area contributed by atoms with E-state index in [0.29, 0.717) is 6.54 Å². The van der Waals surface area contributed by atoms with E-state index >= 15 is 0 Å². The topological polar surface area (TPSA) is 85.2 Å². The third-order valence-electron chi connectivity index (χ3n) is 4.76. The molecule has 1 N–H and O–H groups in total. The van der Waals surface area contributed by atoms with Crippen LogP contribution in [-0.2, 0) is 22.6 Å². The van der Waals surface area contributed by atoms with Crippen molar-refractivity contribution in [1.82, 2.24) is 25.3 Å². The van der Waals surface area contributed by atoms with E-state index in [9.17, 15) is 4.79 Å². The number of nitrogens with zero attached hydrogens (tertiary/aromatic N) is 5. The lowest BCUT2D eigenvalue weighted by Crippen LogP contribution is -2.45. The minimum Gasteiger partial charge on any atom is -0.372 e. The predicted octanol–water partition coefficient (Wildman–Crippen LogP) is 1.76. The second-order valence-corrected chi connectivity index (χ2v) is 7.20. The van der Waals surface area contributed by atoms with Gasteiger partial charge in [-0.15, -0.1) is 5.10 Å². The molecule has 0 aliphatic carbocycles. The molecule has 28 heavy (non-hydrogen) atoms. The van der Waals surface area contributed by atoms with Crippen LogP contribution in [0.3, 0.4) is 0 Å². The van der Waals surface area contributed by atoms with E-state index in [4.69, 9.17) is 4.74 Å². The summed E-state index contributed by atoms with van der Waals surface area (Å²) in [5.74, 6) is 0.821. The van der Waals surface area contributed by atoms with Crippen molar-refractivity contribution in [1.29, 1.82) is 0 Å². The van der Waals surface area contributed by atoms with Crippen molar-refractivity contribution in [2.75, 3.05) is 18.0 Å². The Morgan fingerprint density at radius 3 is 2.71 bits per heavy atom. The number of rotatable bonds is 5. The number of carbonyl (C=O) groups is 1. The molecule has 8 nitrogen and oxygen atoms in total. The van der Waals surface area contributed by atoms with Crippen LogP contribution in [0.2, 0.25) is 0 Å². The summed E-state index contributed by atoms with van der Waals surface area (Å²) in [4.78, 5) is 19.1. The van der Waals surface area contributed by atoms with E-state index in [1.165, 1.54) is 0 Å². The molecule has 0 saturated carbocycles. The Bertz CT molecular complexity index is 945. The first-order chi connectivity index (χ1) is 13.6. The van der Waals surface area contributed by atoms with Crippen molar-refractivity contribution < 1.29 is 9.53 Å². The first-order valence-electron chi connectivity index (χ1n) is 9.49. The minimum absolute atomic E-state index is 0.115. The second-order valence-electron chi connectivity index (χ2n) is 7.20. The zero-order valence-electron chi connectivity index (χ0n) is 16.1. The van der Waals surface area contributed by atoms with Gasteiger partial charge in [-0.1, -0.05) is 23.4 Å². The average Bonchev–Trinajstić information content (AvgIpc) is 3.09. The van der Waals surface area contributed by atoms with Crippen LogP contribution >= 0.6 is 0 Å². The van der Waals surface area contributed by atoms with Crippen LogP contribution in [0.4, 0.5) is 5.82 Å². The number of nitrogens with one attached hydrogen (secondary N) is 1. The number of hydrogen-bond acceptors (Lipinski definition) is 6. The highest BCUT2D eigenvalue weighted by Crippen LogP contribution is 2.18. The molecule has 3 aromatic rings. The van der Waals surface area contributed by atoms with Gasteiger partial charge in [0, 0.05) is 25.8 Å². The quantitative estimate of drug-likeness (QED) is 0.726. The van der Waals surface area contributed by atoms with E-state index in [-0.39, 0.29) is 24.7 Å². The molecule has 0 bridgehead atoms. The molecule has 1 aliphatic heterocycles. The number of para-hydroxylation sites is 1. The largest absolute Gasteiger partial charge is 0.372 e. The van der Waals surface area contributed by atoms with Gasteiger partial charge in [-0.3, -0.25) is 4.79 Å². The van der Waals surface area contributed by atoms with Crippen molar-refractivity contribution in [3.05, 3.63) is 48.2 Å². The molecule has 1 aromatic carbocycles. The number of carbonyl (C=O) groups excluding carboxylic acids is 1. The molecule has 2 atom stereocenters. The summed E-state index contributed by atoms with van der Waals surface area (Å²) >= 11 is 0. The Balaban J connectivity index is 1.33. The van der Waals surface area contributed by atoms with Crippen molar-refractivity contribution >= 4 is 22.8 Å². The third-order valence-corrected chi connectivity index (χ3v) is 4.76. The van der Waals surface area contributed by atoms with Crippen LogP contribution in [0, 0.1) is 0 Å². The van der Waals surface area contributed by atoms with E-state index < -0.39 is 0 Å². The number of anilines is 1. The van der Waals surface area contributed by atoms with E-state index in [1.807, 2.05) is 42.6 Å². The van der Waals surface area contributed by atoms with Gasteiger partial charge in [0.2, 0.25) is 5.91 Å². The van der Waals surface area contributed by atoms with E-state index in [1.54, 1.807) is 4.68 Å². The number of benzene rings is 1. The normalized spacial score (nSPS) is 19.7. The predicted molar refractivity (Wildman–Crippen MR) is 106 cm³/mol. The number of ether oxygens (including phenoxy) is 1. The summed E-state index contributed by atoms with van der Waals surface area (Å²) in [5, 5.41) is 11.0. The smallest absolute Gasteiger partial charge is 0.242 e. The minimum atomic E-state index is -0.115. The molecule has 2 aromatic heterocycles. The number of pyridine rings is 1. The van der Waals surface area contributed by atoms with Crippen molar-refractivity contribution in [2.45, 2.75) is 39.1 Å². The molecule has 0 spiro atoms. The van der Waals surface area contributed by atoms with Gasteiger partial charge >= 0.3 is 0 Å². The van der Waals surface area contributed by atoms with Crippen LogP contribution in [-0.4, -0.2) is 51.2 Å². The van der Waals surface area contributed by atoms with Crippen LogP contribution in [0.5, 0.6) is 0 Å². The Labute approximate surface area is 163 Å². The van der Waals surface area contributed by atoms with E-state index in [2.05, 4.69) is 39.4 Å². The number of morpholine rings is 1. The highest BCUT2D eigenvalue weighted by molar-refractivity contribution is 5.79. The summed E-state index contributed by atoms with van der Waals surface area (Å²) in [6, 6.07) is 11.6.